The second-order valence-electron chi connectivity index (χ2n) is 5.92. The van der Waals surface area contributed by atoms with Crippen molar-refractivity contribution in [1.82, 2.24) is 0 Å². The number of aryl methyl sites for hydroxylation is 2. The first-order chi connectivity index (χ1) is 11.8. The van der Waals surface area contributed by atoms with Crippen molar-refractivity contribution in [3.05, 3.63) is 53.1 Å². The maximum Gasteiger partial charge on any atom is 0.337 e. The number of rotatable bonds is 3. The zero-order valence-corrected chi connectivity index (χ0v) is 15.9. The van der Waals surface area contributed by atoms with Crippen LogP contribution in [0.25, 0.3) is 0 Å². The normalized spacial score (nSPS) is 14.1. The Hall–Kier alpha value is -1.99. The van der Waals surface area contributed by atoms with Crippen LogP contribution in [-0.2, 0) is 14.8 Å². The standard InChI is InChI=1S/C18H19NO4S2/c1-12-8-13(2)10-15(9-12)25(21,22)19-6-7-24-17-5-4-14(11-16(17)19)18(20)23-3/h4-5,8-11H,6-7H2,1-3H3. The number of fused-ring (bicyclic) bond motifs is 1. The van der Waals surface area contributed by atoms with E-state index in [2.05, 4.69) is 0 Å². The molecule has 0 radical (unpaired) electrons. The summed E-state index contributed by atoms with van der Waals surface area (Å²) in [6.07, 6.45) is 0. The summed E-state index contributed by atoms with van der Waals surface area (Å²) in [6.45, 7) is 4.11. The van der Waals surface area contributed by atoms with Gasteiger partial charge in [-0.05, 0) is 55.3 Å². The van der Waals surface area contributed by atoms with Gasteiger partial charge in [0.05, 0.1) is 23.3 Å². The van der Waals surface area contributed by atoms with Gasteiger partial charge in [-0.25, -0.2) is 13.2 Å². The number of anilines is 1. The fourth-order valence-corrected chi connectivity index (χ4v) is 5.71. The van der Waals surface area contributed by atoms with Crippen molar-refractivity contribution in [2.75, 3.05) is 23.7 Å². The first-order valence-corrected chi connectivity index (χ1v) is 10.2. The summed E-state index contributed by atoms with van der Waals surface area (Å²) in [5.41, 5.74) is 2.66. The highest BCUT2D eigenvalue weighted by atomic mass is 32.2. The van der Waals surface area contributed by atoms with Gasteiger partial charge in [-0.15, -0.1) is 11.8 Å². The number of carbonyl (C=O) groups is 1. The third kappa shape index (κ3) is 3.39. The molecule has 0 spiro atoms. The van der Waals surface area contributed by atoms with Crippen LogP contribution in [-0.4, -0.2) is 33.8 Å². The van der Waals surface area contributed by atoms with E-state index in [9.17, 15) is 13.2 Å². The Morgan fingerprint density at radius 2 is 1.80 bits per heavy atom. The molecule has 3 rings (SSSR count). The van der Waals surface area contributed by atoms with Crippen LogP contribution >= 0.6 is 11.8 Å². The Labute approximate surface area is 152 Å². The van der Waals surface area contributed by atoms with Crippen LogP contribution in [0.1, 0.15) is 21.5 Å². The third-order valence-corrected chi connectivity index (χ3v) is 6.82. The number of nitrogens with zero attached hydrogens (tertiary/aromatic N) is 1. The van der Waals surface area contributed by atoms with Crippen LogP contribution in [0.3, 0.4) is 0 Å². The smallest absolute Gasteiger partial charge is 0.337 e. The Balaban J connectivity index is 2.11. The molecule has 0 saturated carbocycles. The first kappa shape index (κ1) is 17.8. The highest BCUT2D eigenvalue weighted by molar-refractivity contribution is 8.00. The highest BCUT2D eigenvalue weighted by Gasteiger charge is 2.30. The van der Waals surface area contributed by atoms with E-state index in [1.54, 1.807) is 42.1 Å². The first-order valence-electron chi connectivity index (χ1n) is 7.79. The molecule has 0 N–H and O–H groups in total. The van der Waals surface area contributed by atoms with Crippen molar-refractivity contribution in [3.63, 3.8) is 0 Å². The average Bonchev–Trinajstić information content (AvgIpc) is 2.59. The zero-order chi connectivity index (χ0) is 18.2. The number of hydrogen-bond donors (Lipinski definition) is 0. The van der Waals surface area contributed by atoms with Gasteiger partial charge in [-0.1, -0.05) is 6.07 Å². The minimum atomic E-state index is -3.70. The van der Waals surface area contributed by atoms with E-state index in [4.69, 9.17) is 4.74 Å². The van der Waals surface area contributed by atoms with E-state index in [0.29, 0.717) is 23.5 Å². The molecule has 0 aliphatic carbocycles. The van der Waals surface area contributed by atoms with Crippen molar-refractivity contribution in [2.45, 2.75) is 23.6 Å². The molecule has 0 saturated heterocycles. The molecule has 25 heavy (non-hydrogen) atoms. The molecule has 0 unspecified atom stereocenters. The largest absolute Gasteiger partial charge is 0.465 e. The van der Waals surface area contributed by atoms with E-state index in [0.717, 1.165) is 16.0 Å². The van der Waals surface area contributed by atoms with Crippen molar-refractivity contribution in [2.24, 2.45) is 0 Å². The molecule has 0 atom stereocenters. The third-order valence-electron chi connectivity index (χ3n) is 3.98. The number of ether oxygens (including phenoxy) is 1. The van der Waals surface area contributed by atoms with Gasteiger partial charge >= 0.3 is 5.97 Å². The van der Waals surface area contributed by atoms with E-state index in [1.165, 1.54) is 11.4 Å². The predicted molar refractivity (Wildman–Crippen MR) is 99.0 cm³/mol. The summed E-state index contributed by atoms with van der Waals surface area (Å²) in [4.78, 5) is 12.9. The lowest BCUT2D eigenvalue weighted by Gasteiger charge is -2.30. The predicted octanol–water partition coefficient (Wildman–Crippen LogP) is 3.39. The van der Waals surface area contributed by atoms with Gasteiger partial charge in [0.1, 0.15) is 0 Å². The van der Waals surface area contributed by atoms with Crippen molar-refractivity contribution >= 4 is 33.4 Å². The van der Waals surface area contributed by atoms with Crippen LogP contribution in [0, 0.1) is 13.8 Å². The fourth-order valence-electron chi connectivity index (χ4n) is 2.90. The lowest BCUT2D eigenvalue weighted by atomic mass is 10.2. The summed E-state index contributed by atoms with van der Waals surface area (Å²) in [5.74, 6) is 0.177. The molecule has 1 aliphatic rings. The monoisotopic (exact) mass is 377 g/mol. The van der Waals surface area contributed by atoms with Gasteiger partial charge in [-0.2, -0.15) is 0 Å². The minimum absolute atomic E-state index is 0.270. The molecule has 1 heterocycles. The van der Waals surface area contributed by atoms with E-state index in [-0.39, 0.29) is 4.90 Å². The number of benzene rings is 2. The minimum Gasteiger partial charge on any atom is -0.465 e. The zero-order valence-electron chi connectivity index (χ0n) is 14.3. The van der Waals surface area contributed by atoms with Crippen molar-refractivity contribution < 1.29 is 17.9 Å². The van der Waals surface area contributed by atoms with Gasteiger partial charge in [-0.3, -0.25) is 4.31 Å². The topological polar surface area (TPSA) is 63.7 Å². The maximum atomic E-state index is 13.2. The summed E-state index contributed by atoms with van der Waals surface area (Å²) in [6, 6.07) is 10.3. The van der Waals surface area contributed by atoms with Crippen molar-refractivity contribution in [1.29, 1.82) is 0 Å². The van der Waals surface area contributed by atoms with Crippen LogP contribution in [0.2, 0.25) is 0 Å². The second-order valence-corrected chi connectivity index (χ2v) is 8.92. The average molecular weight is 377 g/mol. The van der Waals surface area contributed by atoms with Gasteiger partial charge in [0.2, 0.25) is 0 Å². The summed E-state index contributed by atoms with van der Waals surface area (Å²) < 4.78 is 32.6. The second kappa shape index (κ2) is 6.72. The molecule has 1 aliphatic heterocycles. The van der Waals surface area contributed by atoms with E-state index in [1.807, 2.05) is 19.9 Å². The number of hydrogen-bond acceptors (Lipinski definition) is 5. The van der Waals surface area contributed by atoms with E-state index >= 15 is 0 Å². The van der Waals surface area contributed by atoms with Crippen LogP contribution < -0.4 is 4.31 Å². The fraction of sp³-hybridized carbons (Fsp3) is 0.278. The molecule has 132 valence electrons. The SMILES string of the molecule is COC(=O)c1ccc2c(c1)N(S(=O)(=O)c1cc(C)cc(C)c1)CCS2. The van der Waals surface area contributed by atoms with Gasteiger partial charge in [0.15, 0.2) is 0 Å². The van der Waals surface area contributed by atoms with Gasteiger partial charge in [0.25, 0.3) is 10.0 Å². The highest BCUT2D eigenvalue weighted by Crippen LogP contribution is 2.38. The molecule has 0 amide bonds. The van der Waals surface area contributed by atoms with Crippen molar-refractivity contribution in [3.8, 4) is 0 Å². The maximum absolute atomic E-state index is 13.2. The van der Waals surface area contributed by atoms with Crippen LogP contribution in [0.15, 0.2) is 46.2 Å². The number of esters is 1. The number of carbonyl (C=O) groups excluding carboxylic acids is 1. The lowest BCUT2D eigenvalue weighted by Crippen LogP contribution is -2.35. The van der Waals surface area contributed by atoms with E-state index < -0.39 is 16.0 Å². The Morgan fingerprint density at radius 3 is 2.44 bits per heavy atom. The Bertz CT molecular complexity index is 918. The van der Waals surface area contributed by atoms with Crippen LogP contribution in [0.5, 0.6) is 0 Å². The number of thioether (sulfide) groups is 1. The Kier molecular flexibility index (Phi) is 4.79. The molecule has 0 bridgehead atoms. The molecule has 0 aromatic heterocycles. The van der Waals surface area contributed by atoms with Gasteiger partial charge < -0.3 is 4.74 Å². The molecule has 5 nitrogen and oxygen atoms in total. The molecular formula is C18H19NO4S2. The summed E-state index contributed by atoms with van der Waals surface area (Å²) in [7, 11) is -2.40. The van der Waals surface area contributed by atoms with Gasteiger partial charge in [0, 0.05) is 17.2 Å². The molecule has 0 fully saturated rings. The lowest BCUT2D eigenvalue weighted by molar-refractivity contribution is 0.0600. The van der Waals surface area contributed by atoms with Crippen LogP contribution in [0.4, 0.5) is 5.69 Å². The summed E-state index contributed by atoms with van der Waals surface area (Å²) in [5, 5.41) is 0. The number of methoxy groups -OCH3 is 1. The molecule has 7 heteroatoms. The molecular weight excluding hydrogens is 358 g/mol. The molecule has 2 aromatic carbocycles. The Morgan fingerprint density at radius 1 is 1.12 bits per heavy atom. The molecule has 2 aromatic rings. The number of sulfonamides is 1. The summed E-state index contributed by atoms with van der Waals surface area (Å²) >= 11 is 1.58. The quantitative estimate of drug-likeness (QED) is 0.767.